The Hall–Kier alpha value is -1.24. The molecule has 22 heavy (non-hydrogen) atoms. The molecule has 0 radical (unpaired) electrons. The SMILES string of the molecule is CC1CCN(Cc2nc(NN)c3c4c(sc3n2)CCC4)CC1. The summed E-state index contributed by atoms with van der Waals surface area (Å²) < 4.78 is 0. The minimum Gasteiger partial charge on any atom is -0.308 e. The lowest BCUT2D eigenvalue weighted by Crippen LogP contribution is -2.33. The molecule has 2 aromatic heterocycles. The third kappa shape index (κ3) is 2.49. The fraction of sp³-hybridized carbons (Fsp3) is 0.625. The van der Waals surface area contributed by atoms with Crippen molar-refractivity contribution in [3.05, 3.63) is 16.3 Å². The average molecular weight is 317 g/mol. The van der Waals surface area contributed by atoms with E-state index in [1.54, 1.807) is 0 Å². The number of nitrogens with two attached hydrogens (primary N) is 1. The summed E-state index contributed by atoms with van der Waals surface area (Å²) in [5, 5.41) is 1.16. The lowest BCUT2D eigenvalue weighted by Gasteiger charge is -2.29. The summed E-state index contributed by atoms with van der Waals surface area (Å²) in [5.41, 5.74) is 4.23. The van der Waals surface area contributed by atoms with Gasteiger partial charge >= 0.3 is 0 Å². The van der Waals surface area contributed by atoms with E-state index in [0.717, 1.165) is 53.8 Å². The third-order valence-electron chi connectivity index (χ3n) is 4.99. The highest BCUT2D eigenvalue weighted by atomic mass is 32.1. The van der Waals surface area contributed by atoms with Crippen molar-refractivity contribution >= 4 is 27.4 Å². The number of fused-ring (bicyclic) bond motifs is 3. The molecule has 3 N–H and O–H groups in total. The molecule has 2 aromatic rings. The molecule has 3 heterocycles. The van der Waals surface area contributed by atoms with Gasteiger partial charge in [0.05, 0.1) is 11.9 Å². The highest BCUT2D eigenvalue weighted by Gasteiger charge is 2.23. The Bertz CT molecular complexity index is 687. The zero-order valence-electron chi connectivity index (χ0n) is 13.1. The second-order valence-electron chi connectivity index (χ2n) is 6.63. The van der Waals surface area contributed by atoms with Crippen LogP contribution in [0.5, 0.6) is 0 Å². The van der Waals surface area contributed by atoms with Crippen LogP contribution in [0.25, 0.3) is 10.2 Å². The van der Waals surface area contributed by atoms with Crippen molar-refractivity contribution in [2.24, 2.45) is 11.8 Å². The fourth-order valence-corrected chi connectivity index (χ4v) is 4.92. The van der Waals surface area contributed by atoms with Gasteiger partial charge in [-0.15, -0.1) is 11.3 Å². The van der Waals surface area contributed by atoms with Gasteiger partial charge in [0.15, 0.2) is 5.82 Å². The van der Waals surface area contributed by atoms with E-state index in [1.165, 1.54) is 36.1 Å². The first-order valence-electron chi connectivity index (χ1n) is 8.24. The minimum atomic E-state index is 0.810. The predicted molar refractivity (Wildman–Crippen MR) is 90.9 cm³/mol. The number of thiophene rings is 1. The summed E-state index contributed by atoms with van der Waals surface area (Å²) in [7, 11) is 0. The van der Waals surface area contributed by atoms with Crippen molar-refractivity contribution in [1.29, 1.82) is 0 Å². The Morgan fingerprint density at radius 3 is 2.86 bits per heavy atom. The van der Waals surface area contributed by atoms with Gasteiger partial charge in [-0.2, -0.15) is 0 Å². The lowest BCUT2D eigenvalue weighted by atomic mass is 9.99. The molecule has 2 aliphatic rings. The van der Waals surface area contributed by atoms with Gasteiger partial charge in [-0.3, -0.25) is 4.90 Å². The lowest BCUT2D eigenvalue weighted by molar-refractivity contribution is 0.181. The zero-order valence-corrected chi connectivity index (χ0v) is 13.9. The maximum atomic E-state index is 5.74. The van der Waals surface area contributed by atoms with E-state index in [9.17, 15) is 0 Å². The molecule has 5 nitrogen and oxygen atoms in total. The van der Waals surface area contributed by atoms with Crippen LogP contribution in [0.3, 0.4) is 0 Å². The Balaban J connectivity index is 1.65. The Kier molecular flexibility index (Phi) is 3.76. The molecular formula is C16H23N5S. The molecule has 0 bridgehead atoms. The maximum Gasteiger partial charge on any atom is 0.152 e. The number of nitrogens with zero attached hydrogens (tertiary/aromatic N) is 3. The zero-order chi connectivity index (χ0) is 15.1. The normalized spacial score (nSPS) is 19.7. The summed E-state index contributed by atoms with van der Waals surface area (Å²) in [6.07, 6.45) is 6.11. The summed E-state index contributed by atoms with van der Waals surface area (Å²) in [6, 6.07) is 0. The van der Waals surface area contributed by atoms with Crippen LogP contribution in [0.1, 0.15) is 42.5 Å². The number of hydrogen-bond donors (Lipinski definition) is 2. The summed E-state index contributed by atoms with van der Waals surface area (Å²) in [4.78, 5) is 14.6. The predicted octanol–water partition coefficient (Wildman–Crippen LogP) is 2.70. The van der Waals surface area contributed by atoms with E-state index in [4.69, 9.17) is 15.8 Å². The number of hydrazine groups is 1. The number of aromatic nitrogens is 2. The second kappa shape index (κ2) is 5.76. The van der Waals surface area contributed by atoms with Crippen LogP contribution in [0.4, 0.5) is 5.82 Å². The van der Waals surface area contributed by atoms with Gasteiger partial charge < -0.3 is 5.43 Å². The Labute approximate surface area is 134 Å². The van der Waals surface area contributed by atoms with E-state index < -0.39 is 0 Å². The molecule has 0 atom stereocenters. The highest BCUT2D eigenvalue weighted by molar-refractivity contribution is 7.19. The first kappa shape index (κ1) is 14.4. The van der Waals surface area contributed by atoms with Crippen molar-refractivity contribution in [3.8, 4) is 0 Å². The quantitative estimate of drug-likeness (QED) is 0.673. The van der Waals surface area contributed by atoms with E-state index in [-0.39, 0.29) is 0 Å². The molecule has 1 saturated heterocycles. The van der Waals surface area contributed by atoms with Crippen molar-refractivity contribution in [2.75, 3.05) is 18.5 Å². The summed E-state index contributed by atoms with van der Waals surface area (Å²) in [5.74, 6) is 8.30. The maximum absolute atomic E-state index is 5.74. The molecule has 1 fully saturated rings. The largest absolute Gasteiger partial charge is 0.308 e. The van der Waals surface area contributed by atoms with Gasteiger partial charge in [0.25, 0.3) is 0 Å². The standard InChI is InChI=1S/C16H23N5S/c1-10-5-7-21(8-6-10)9-13-18-15(20-17)14-11-3-2-4-12(11)22-16(14)19-13/h10H,2-9,17H2,1H3,(H,18,19,20). The molecule has 0 saturated carbocycles. The second-order valence-corrected chi connectivity index (χ2v) is 7.71. The third-order valence-corrected chi connectivity index (χ3v) is 6.17. The van der Waals surface area contributed by atoms with Crippen LogP contribution in [-0.4, -0.2) is 28.0 Å². The van der Waals surface area contributed by atoms with E-state index in [1.807, 2.05) is 11.3 Å². The summed E-state index contributed by atoms with van der Waals surface area (Å²) in [6.45, 7) is 5.47. The molecular weight excluding hydrogens is 294 g/mol. The van der Waals surface area contributed by atoms with Crippen molar-refractivity contribution in [3.63, 3.8) is 0 Å². The van der Waals surface area contributed by atoms with E-state index >= 15 is 0 Å². The van der Waals surface area contributed by atoms with Gasteiger partial charge in [-0.25, -0.2) is 15.8 Å². The molecule has 6 heteroatoms. The first-order chi connectivity index (χ1) is 10.7. The fourth-order valence-electron chi connectivity index (χ4n) is 3.64. The number of likely N-dealkylation sites (tertiary alicyclic amines) is 1. The van der Waals surface area contributed by atoms with Crippen LogP contribution >= 0.6 is 11.3 Å². The van der Waals surface area contributed by atoms with Crippen LogP contribution < -0.4 is 11.3 Å². The number of hydrogen-bond acceptors (Lipinski definition) is 6. The average Bonchev–Trinajstić information content (AvgIpc) is 3.09. The molecule has 0 amide bonds. The molecule has 1 aliphatic carbocycles. The summed E-state index contributed by atoms with van der Waals surface area (Å²) >= 11 is 1.83. The van der Waals surface area contributed by atoms with Crippen LogP contribution in [0, 0.1) is 5.92 Å². The molecule has 0 unspecified atom stereocenters. The van der Waals surface area contributed by atoms with Gasteiger partial charge in [0.1, 0.15) is 10.7 Å². The van der Waals surface area contributed by atoms with Crippen molar-refractivity contribution in [2.45, 2.75) is 45.6 Å². The van der Waals surface area contributed by atoms with Gasteiger partial charge in [0, 0.05) is 4.88 Å². The number of nitrogen functional groups attached to an aromatic ring is 1. The van der Waals surface area contributed by atoms with Crippen LogP contribution in [-0.2, 0) is 19.4 Å². The molecule has 0 spiro atoms. The van der Waals surface area contributed by atoms with Gasteiger partial charge in [0.2, 0.25) is 0 Å². The molecule has 0 aromatic carbocycles. The first-order valence-corrected chi connectivity index (χ1v) is 9.06. The van der Waals surface area contributed by atoms with Crippen molar-refractivity contribution < 1.29 is 0 Å². The Morgan fingerprint density at radius 2 is 2.09 bits per heavy atom. The number of aryl methyl sites for hydroxylation is 2. The topological polar surface area (TPSA) is 67.1 Å². The molecule has 4 rings (SSSR count). The van der Waals surface area contributed by atoms with E-state index in [2.05, 4.69) is 17.2 Å². The monoisotopic (exact) mass is 317 g/mol. The number of nitrogens with one attached hydrogen (secondary N) is 1. The number of anilines is 1. The highest BCUT2D eigenvalue weighted by Crippen LogP contribution is 2.39. The number of piperidine rings is 1. The van der Waals surface area contributed by atoms with Gasteiger partial charge in [-0.05, 0) is 56.7 Å². The molecule has 1 aliphatic heterocycles. The van der Waals surface area contributed by atoms with E-state index in [0.29, 0.717) is 0 Å². The Morgan fingerprint density at radius 1 is 1.27 bits per heavy atom. The smallest absolute Gasteiger partial charge is 0.152 e. The van der Waals surface area contributed by atoms with Crippen molar-refractivity contribution in [1.82, 2.24) is 14.9 Å². The van der Waals surface area contributed by atoms with Gasteiger partial charge in [-0.1, -0.05) is 6.92 Å². The van der Waals surface area contributed by atoms with Crippen LogP contribution in [0.15, 0.2) is 0 Å². The minimum absolute atomic E-state index is 0.810. The van der Waals surface area contributed by atoms with Crippen LogP contribution in [0.2, 0.25) is 0 Å². The number of rotatable bonds is 3. The molecule has 118 valence electrons.